The number of urea groups is 1. The van der Waals surface area contributed by atoms with Gasteiger partial charge in [0.2, 0.25) is 5.91 Å². The van der Waals surface area contributed by atoms with Crippen LogP contribution in [0.4, 0.5) is 10.5 Å². The minimum Gasteiger partial charge on any atom is -0.369 e. The number of hydrogen-bond donors (Lipinski definition) is 1. The Balaban J connectivity index is 2.27. The Morgan fingerprint density at radius 3 is 2.50 bits per heavy atom. The number of aryl methyl sites for hydroxylation is 1. The molecule has 2 rings (SSSR count). The number of imide groups is 1. The Bertz CT molecular complexity index is 510. The van der Waals surface area contributed by atoms with Gasteiger partial charge < -0.3 is 5.73 Å². The predicted molar refractivity (Wildman–Crippen MR) is 63.7 cm³/mol. The SMILES string of the molecule is Cc1ccc(N2CC(C(N)=O)C(=O)[N]C2=O)cc1. The number of carbonyl (C=O) groups excluding carboxylic acids is 3. The molecule has 1 aromatic rings. The van der Waals surface area contributed by atoms with Crippen LogP contribution in [0.25, 0.3) is 0 Å². The van der Waals surface area contributed by atoms with Crippen molar-refractivity contribution < 1.29 is 14.4 Å². The summed E-state index contributed by atoms with van der Waals surface area (Å²) < 4.78 is 0. The lowest BCUT2D eigenvalue weighted by atomic mass is 10.0. The summed E-state index contributed by atoms with van der Waals surface area (Å²) in [6.45, 7) is 1.86. The lowest BCUT2D eigenvalue weighted by molar-refractivity contribution is -0.133. The van der Waals surface area contributed by atoms with Crippen LogP contribution in [-0.4, -0.2) is 24.4 Å². The highest BCUT2D eigenvalue weighted by Crippen LogP contribution is 2.20. The molecule has 0 aliphatic carbocycles. The Kier molecular flexibility index (Phi) is 3.01. The number of nitrogens with two attached hydrogens (primary N) is 1. The topological polar surface area (TPSA) is 94.6 Å². The lowest BCUT2D eigenvalue weighted by Gasteiger charge is -2.29. The smallest absolute Gasteiger partial charge is 0.351 e. The normalized spacial score (nSPS) is 19.6. The second kappa shape index (κ2) is 4.48. The van der Waals surface area contributed by atoms with E-state index in [-0.39, 0.29) is 6.54 Å². The largest absolute Gasteiger partial charge is 0.369 e. The highest BCUT2D eigenvalue weighted by Gasteiger charge is 2.37. The lowest BCUT2D eigenvalue weighted by Crippen LogP contribution is -2.54. The Labute approximate surface area is 104 Å². The quantitative estimate of drug-likeness (QED) is 0.753. The number of rotatable bonds is 2. The molecule has 93 valence electrons. The van der Waals surface area contributed by atoms with Crippen LogP contribution in [0.15, 0.2) is 24.3 Å². The van der Waals surface area contributed by atoms with E-state index in [1.165, 1.54) is 4.90 Å². The second-order valence-electron chi connectivity index (χ2n) is 4.13. The minimum absolute atomic E-state index is 0.0560. The third-order valence-corrected chi connectivity index (χ3v) is 2.79. The molecule has 6 nitrogen and oxygen atoms in total. The van der Waals surface area contributed by atoms with Crippen molar-refractivity contribution in [3.05, 3.63) is 29.8 Å². The molecule has 1 atom stereocenters. The van der Waals surface area contributed by atoms with E-state index < -0.39 is 23.8 Å². The molecule has 18 heavy (non-hydrogen) atoms. The number of carbonyl (C=O) groups is 3. The minimum atomic E-state index is -1.07. The average Bonchev–Trinajstić information content (AvgIpc) is 2.30. The Morgan fingerprint density at radius 2 is 1.94 bits per heavy atom. The van der Waals surface area contributed by atoms with E-state index in [0.717, 1.165) is 5.56 Å². The molecule has 1 aromatic carbocycles. The van der Waals surface area contributed by atoms with Crippen molar-refractivity contribution in [2.45, 2.75) is 6.92 Å². The van der Waals surface area contributed by atoms with Crippen LogP contribution < -0.4 is 16.0 Å². The molecule has 1 radical (unpaired) electrons. The average molecular weight is 246 g/mol. The summed E-state index contributed by atoms with van der Waals surface area (Å²) in [5.41, 5.74) is 6.74. The zero-order valence-corrected chi connectivity index (χ0v) is 9.79. The first kappa shape index (κ1) is 12.1. The maximum Gasteiger partial charge on any atom is 0.351 e. The van der Waals surface area contributed by atoms with Gasteiger partial charge in [0.1, 0.15) is 5.92 Å². The van der Waals surface area contributed by atoms with E-state index in [4.69, 9.17) is 5.73 Å². The Morgan fingerprint density at radius 1 is 1.33 bits per heavy atom. The molecule has 0 saturated carbocycles. The summed E-state index contributed by atoms with van der Waals surface area (Å²) in [4.78, 5) is 35.4. The molecular weight excluding hydrogens is 234 g/mol. The number of hydrogen-bond acceptors (Lipinski definition) is 3. The highest BCUT2D eigenvalue weighted by molar-refractivity contribution is 6.12. The van der Waals surface area contributed by atoms with Crippen LogP contribution in [-0.2, 0) is 9.59 Å². The first-order chi connectivity index (χ1) is 8.49. The fraction of sp³-hybridized carbons (Fsp3) is 0.250. The van der Waals surface area contributed by atoms with Crippen molar-refractivity contribution in [3.63, 3.8) is 0 Å². The second-order valence-corrected chi connectivity index (χ2v) is 4.13. The van der Waals surface area contributed by atoms with Crippen molar-refractivity contribution in [1.29, 1.82) is 0 Å². The van der Waals surface area contributed by atoms with E-state index in [2.05, 4.69) is 5.32 Å². The van der Waals surface area contributed by atoms with Gasteiger partial charge in [-0.15, -0.1) is 0 Å². The third-order valence-electron chi connectivity index (χ3n) is 2.79. The van der Waals surface area contributed by atoms with Crippen LogP contribution in [0, 0.1) is 12.8 Å². The van der Waals surface area contributed by atoms with Gasteiger partial charge in [0.25, 0.3) is 5.91 Å². The molecule has 1 aliphatic rings. The monoisotopic (exact) mass is 246 g/mol. The number of benzene rings is 1. The molecule has 4 amide bonds. The standard InChI is InChI=1S/C12H12N3O3/c1-7-2-4-8(5-3-7)15-6-9(10(13)16)11(17)14-12(15)18/h2-5,9H,6H2,1H3,(H2,13,16). The van der Waals surface area contributed by atoms with Crippen LogP contribution in [0.1, 0.15) is 5.56 Å². The first-order valence-electron chi connectivity index (χ1n) is 5.42. The molecule has 0 spiro atoms. The number of nitrogens with zero attached hydrogens (tertiary/aromatic N) is 2. The maximum atomic E-state index is 11.6. The van der Waals surface area contributed by atoms with Crippen molar-refractivity contribution in [1.82, 2.24) is 5.32 Å². The zero-order valence-electron chi connectivity index (χ0n) is 9.79. The van der Waals surface area contributed by atoms with Gasteiger partial charge in [-0.25, -0.2) is 4.79 Å². The van der Waals surface area contributed by atoms with Gasteiger partial charge in [0, 0.05) is 12.2 Å². The molecule has 1 heterocycles. The van der Waals surface area contributed by atoms with Crippen molar-refractivity contribution in [2.75, 3.05) is 11.4 Å². The van der Waals surface area contributed by atoms with E-state index in [0.29, 0.717) is 5.69 Å². The number of primary amides is 1. The van der Waals surface area contributed by atoms with Crippen LogP contribution >= 0.6 is 0 Å². The van der Waals surface area contributed by atoms with Crippen LogP contribution in [0.5, 0.6) is 0 Å². The molecule has 1 aliphatic heterocycles. The van der Waals surface area contributed by atoms with Gasteiger partial charge in [-0.05, 0) is 19.1 Å². The fourth-order valence-corrected chi connectivity index (χ4v) is 1.72. The van der Waals surface area contributed by atoms with Gasteiger partial charge >= 0.3 is 6.03 Å². The summed E-state index contributed by atoms with van der Waals surface area (Å²) in [6.07, 6.45) is 0. The molecule has 1 fully saturated rings. The van der Waals surface area contributed by atoms with Gasteiger partial charge in [-0.2, -0.15) is 5.32 Å². The Hall–Kier alpha value is -2.37. The van der Waals surface area contributed by atoms with Gasteiger partial charge in [-0.1, -0.05) is 17.7 Å². The summed E-state index contributed by atoms with van der Waals surface area (Å²) in [6, 6.07) is 6.46. The molecular formula is C12H12N3O3. The molecule has 6 heteroatoms. The van der Waals surface area contributed by atoms with Crippen LogP contribution in [0.3, 0.4) is 0 Å². The predicted octanol–water partition coefficient (Wildman–Crippen LogP) is 0.168. The van der Waals surface area contributed by atoms with E-state index >= 15 is 0 Å². The van der Waals surface area contributed by atoms with Gasteiger partial charge in [0.05, 0.1) is 0 Å². The van der Waals surface area contributed by atoms with Crippen molar-refractivity contribution in [2.24, 2.45) is 11.7 Å². The first-order valence-corrected chi connectivity index (χ1v) is 5.42. The van der Waals surface area contributed by atoms with Crippen molar-refractivity contribution in [3.8, 4) is 0 Å². The van der Waals surface area contributed by atoms with Crippen molar-refractivity contribution >= 4 is 23.5 Å². The molecule has 2 N–H and O–H groups in total. The molecule has 0 bridgehead atoms. The van der Waals surface area contributed by atoms with Gasteiger partial charge in [0.15, 0.2) is 0 Å². The molecule has 1 saturated heterocycles. The van der Waals surface area contributed by atoms with Gasteiger partial charge in [-0.3, -0.25) is 14.5 Å². The van der Waals surface area contributed by atoms with E-state index in [1.54, 1.807) is 12.1 Å². The van der Waals surface area contributed by atoms with Crippen LogP contribution in [0.2, 0.25) is 0 Å². The summed E-state index contributed by atoms with van der Waals surface area (Å²) in [7, 11) is 0. The van der Waals surface area contributed by atoms with E-state index in [9.17, 15) is 14.4 Å². The molecule has 1 unspecified atom stereocenters. The maximum absolute atomic E-state index is 11.6. The fourth-order valence-electron chi connectivity index (χ4n) is 1.72. The summed E-state index contributed by atoms with van der Waals surface area (Å²) in [5, 5.41) is 3.31. The van der Waals surface area contributed by atoms with E-state index in [1.807, 2.05) is 19.1 Å². The number of anilines is 1. The highest BCUT2D eigenvalue weighted by atomic mass is 16.2. The summed E-state index contributed by atoms with van der Waals surface area (Å²) in [5.74, 6) is -2.60. The summed E-state index contributed by atoms with van der Waals surface area (Å²) >= 11 is 0. The third kappa shape index (κ3) is 2.17. The molecule has 0 aromatic heterocycles. The zero-order chi connectivity index (χ0) is 13.3. The number of amides is 4.